The van der Waals surface area contributed by atoms with Gasteiger partial charge in [0.15, 0.2) is 0 Å². The van der Waals surface area contributed by atoms with E-state index in [4.69, 9.17) is 0 Å². The number of benzene rings is 1. The smallest absolute Gasteiger partial charge is 0.130 e. The highest BCUT2D eigenvalue weighted by atomic mass is 79.9. The van der Waals surface area contributed by atoms with E-state index in [1.165, 1.54) is 6.07 Å². The van der Waals surface area contributed by atoms with Crippen molar-refractivity contribution in [3.8, 4) is 0 Å². The lowest BCUT2D eigenvalue weighted by Gasteiger charge is -2.08. The van der Waals surface area contributed by atoms with E-state index < -0.39 is 6.10 Å². The molecule has 0 saturated heterocycles. The van der Waals surface area contributed by atoms with E-state index in [2.05, 4.69) is 15.9 Å². The number of hydrogen-bond acceptors (Lipinski definition) is 1. The Morgan fingerprint density at radius 3 is 2.75 bits per heavy atom. The van der Waals surface area contributed by atoms with Crippen LogP contribution in [0.2, 0.25) is 0 Å². The second kappa shape index (κ2) is 4.01. The van der Waals surface area contributed by atoms with Crippen LogP contribution < -0.4 is 0 Å². The van der Waals surface area contributed by atoms with Gasteiger partial charge in [-0.05, 0) is 18.6 Å². The summed E-state index contributed by atoms with van der Waals surface area (Å²) in [6.07, 6.45) is -0.170. The molecule has 0 bridgehead atoms. The number of halogens is 2. The van der Waals surface area contributed by atoms with Crippen LogP contribution >= 0.6 is 15.9 Å². The molecule has 0 aliphatic carbocycles. The fourth-order valence-corrected chi connectivity index (χ4v) is 1.32. The molecule has 1 N–H and O–H groups in total. The van der Waals surface area contributed by atoms with Crippen LogP contribution in [0.3, 0.4) is 0 Å². The number of rotatable bonds is 2. The van der Waals surface area contributed by atoms with E-state index >= 15 is 0 Å². The van der Waals surface area contributed by atoms with Gasteiger partial charge in [-0.1, -0.05) is 28.9 Å². The first-order valence-electron chi connectivity index (χ1n) is 3.78. The largest absolute Gasteiger partial charge is 0.388 e. The van der Waals surface area contributed by atoms with E-state index in [1.54, 1.807) is 12.1 Å². The highest BCUT2D eigenvalue weighted by Gasteiger charge is 2.09. The quantitative estimate of drug-likeness (QED) is 0.832. The lowest BCUT2D eigenvalue weighted by Crippen LogP contribution is -1.98. The van der Waals surface area contributed by atoms with Crippen molar-refractivity contribution in [1.29, 1.82) is 0 Å². The Kier molecular flexibility index (Phi) is 3.23. The molecule has 1 nitrogen and oxygen atoms in total. The summed E-state index contributed by atoms with van der Waals surface area (Å²) in [6, 6.07) is 4.67. The van der Waals surface area contributed by atoms with E-state index in [-0.39, 0.29) is 5.82 Å². The van der Waals surface area contributed by atoms with Crippen molar-refractivity contribution >= 4 is 15.9 Å². The zero-order chi connectivity index (χ0) is 9.14. The van der Waals surface area contributed by atoms with Gasteiger partial charge < -0.3 is 5.11 Å². The van der Waals surface area contributed by atoms with Crippen LogP contribution in [0.5, 0.6) is 0 Å². The van der Waals surface area contributed by atoms with E-state index in [9.17, 15) is 9.50 Å². The Morgan fingerprint density at radius 1 is 1.58 bits per heavy atom. The van der Waals surface area contributed by atoms with Gasteiger partial charge in [0.25, 0.3) is 0 Å². The van der Waals surface area contributed by atoms with Crippen molar-refractivity contribution in [2.75, 3.05) is 0 Å². The van der Waals surface area contributed by atoms with Crippen LogP contribution in [0.25, 0.3) is 0 Å². The van der Waals surface area contributed by atoms with E-state index in [0.717, 1.165) is 0 Å². The molecule has 3 heteroatoms. The van der Waals surface area contributed by atoms with E-state index in [1.807, 2.05) is 6.92 Å². The van der Waals surface area contributed by atoms with Crippen LogP contribution in [0.4, 0.5) is 4.39 Å². The lowest BCUT2D eigenvalue weighted by molar-refractivity contribution is 0.169. The summed E-state index contributed by atoms with van der Waals surface area (Å²) >= 11 is 3.15. The summed E-state index contributed by atoms with van der Waals surface area (Å²) in [7, 11) is 0. The molecular weight excluding hydrogens is 223 g/mol. The predicted molar refractivity (Wildman–Crippen MR) is 49.4 cm³/mol. The summed E-state index contributed by atoms with van der Waals surface area (Å²) in [6.45, 7) is 1.81. The van der Waals surface area contributed by atoms with E-state index in [0.29, 0.717) is 16.5 Å². The maximum absolute atomic E-state index is 13.1. The van der Waals surface area contributed by atoms with Gasteiger partial charge in [0.2, 0.25) is 0 Å². The third-order valence-electron chi connectivity index (χ3n) is 1.71. The normalized spacial score (nSPS) is 13.0. The molecule has 1 rings (SSSR count). The molecule has 0 amide bonds. The molecule has 1 aromatic rings. The average Bonchev–Trinajstić information content (AvgIpc) is 2.03. The van der Waals surface area contributed by atoms with Crippen LogP contribution in [0, 0.1) is 5.82 Å². The number of aliphatic hydroxyl groups is 1. The van der Waals surface area contributed by atoms with Gasteiger partial charge in [0.05, 0.1) is 6.10 Å². The molecule has 0 saturated carbocycles. The van der Waals surface area contributed by atoms with Crippen molar-refractivity contribution in [3.05, 3.63) is 34.1 Å². The molecule has 0 aliphatic heterocycles. The molecule has 0 radical (unpaired) electrons. The Balaban J connectivity index is 3.01. The summed E-state index contributed by atoms with van der Waals surface area (Å²) < 4.78 is 13.8. The first kappa shape index (κ1) is 9.68. The fraction of sp³-hybridized carbons (Fsp3) is 0.333. The monoisotopic (exact) mass is 232 g/mol. The number of hydrogen-bond donors (Lipinski definition) is 1. The molecular formula is C9H10BrFO. The molecule has 1 aromatic carbocycles. The fourth-order valence-electron chi connectivity index (χ4n) is 0.992. The highest BCUT2D eigenvalue weighted by Crippen LogP contribution is 2.22. The second-order valence-corrected chi connectivity index (χ2v) is 3.51. The SMILES string of the molecule is CC[C@H](O)c1ccc(Br)cc1F. The molecule has 0 aromatic heterocycles. The predicted octanol–water partition coefficient (Wildman–Crippen LogP) is 3.03. The minimum atomic E-state index is -0.696. The zero-order valence-electron chi connectivity index (χ0n) is 6.72. The lowest BCUT2D eigenvalue weighted by atomic mass is 10.1. The van der Waals surface area contributed by atoms with Gasteiger partial charge in [-0.2, -0.15) is 0 Å². The summed E-state index contributed by atoms with van der Waals surface area (Å²) in [4.78, 5) is 0. The standard InChI is InChI=1S/C9H10BrFO/c1-2-9(12)7-4-3-6(10)5-8(7)11/h3-5,9,12H,2H2,1H3/t9-/m0/s1. The third kappa shape index (κ3) is 2.05. The minimum absolute atomic E-state index is 0.362. The number of aliphatic hydroxyl groups excluding tert-OH is 1. The van der Waals surface area contributed by atoms with Crippen LogP contribution in [0.15, 0.2) is 22.7 Å². The maximum atomic E-state index is 13.1. The zero-order valence-corrected chi connectivity index (χ0v) is 8.31. The second-order valence-electron chi connectivity index (χ2n) is 2.59. The van der Waals surface area contributed by atoms with Crippen LogP contribution in [-0.2, 0) is 0 Å². The molecule has 0 aliphatic rings. The Hall–Kier alpha value is -0.410. The van der Waals surface area contributed by atoms with Gasteiger partial charge in [-0.3, -0.25) is 0 Å². The maximum Gasteiger partial charge on any atom is 0.130 e. The molecule has 0 spiro atoms. The first-order valence-corrected chi connectivity index (χ1v) is 4.57. The average molecular weight is 233 g/mol. The molecule has 0 fully saturated rings. The molecule has 12 heavy (non-hydrogen) atoms. The first-order chi connectivity index (χ1) is 5.65. The van der Waals surface area contributed by atoms with Crippen molar-refractivity contribution in [2.45, 2.75) is 19.4 Å². The van der Waals surface area contributed by atoms with Crippen molar-refractivity contribution in [3.63, 3.8) is 0 Å². The Morgan fingerprint density at radius 2 is 2.25 bits per heavy atom. The Bertz CT molecular complexity index is 275. The molecule has 0 unspecified atom stereocenters. The molecule has 66 valence electrons. The van der Waals surface area contributed by atoms with Crippen molar-refractivity contribution < 1.29 is 9.50 Å². The minimum Gasteiger partial charge on any atom is -0.388 e. The molecule has 1 atom stereocenters. The third-order valence-corrected chi connectivity index (χ3v) is 2.20. The Labute approximate surface area is 79.4 Å². The highest BCUT2D eigenvalue weighted by molar-refractivity contribution is 9.10. The van der Waals surface area contributed by atoms with Gasteiger partial charge in [-0.25, -0.2) is 4.39 Å². The van der Waals surface area contributed by atoms with Gasteiger partial charge in [0, 0.05) is 10.0 Å². The van der Waals surface area contributed by atoms with Crippen molar-refractivity contribution in [1.82, 2.24) is 0 Å². The molecule has 0 heterocycles. The summed E-state index contributed by atoms with van der Waals surface area (Å²) in [5.74, 6) is -0.362. The van der Waals surface area contributed by atoms with Crippen LogP contribution in [-0.4, -0.2) is 5.11 Å². The van der Waals surface area contributed by atoms with Crippen LogP contribution in [0.1, 0.15) is 25.0 Å². The summed E-state index contributed by atoms with van der Waals surface area (Å²) in [5, 5.41) is 9.35. The van der Waals surface area contributed by atoms with Gasteiger partial charge in [-0.15, -0.1) is 0 Å². The van der Waals surface area contributed by atoms with Gasteiger partial charge >= 0.3 is 0 Å². The summed E-state index contributed by atoms with van der Waals surface area (Å²) in [5.41, 5.74) is 0.362. The van der Waals surface area contributed by atoms with Gasteiger partial charge in [0.1, 0.15) is 5.82 Å². The van der Waals surface area contributed by atoms with Crippen molar-refractivity contribution in [2.24, 2.45) is 0 Å². The topological polar surface area (TPSA) is 20.2 Å².